The summed E-state index contributed by atoms with van der Waals surface area (Å²) in [6, 6.07) is 14.6. The number of anilines is 1. The van der Waals surface area contributed by atoms with E-state index in [9.17, 15) is 0 Å². The van der Waals surface area contributed by atoms with Crippen LogP contribution in [-0.2, 0) is 6.54 Å². The Morgan fingerprint density at radius 2 is 2.00 bits per heavy atom. The second kappa shape index (κ2) is 5.79. The fraction of sp³-hybridized carbons (Fsp3) is 0.176. The molecule has 1 heterocycles. The van der Waals surface area contributed by atoms with E-state index in [1.165, 1.54) is 17.5 Å². The van der Waals surface area contributed by atoms with E-state index >= 15 is 0 Å². The molecular weight excluding hydrogens is 262 g/mol. The van der Waals surface area contributed by atoms with Gasteiger partial charge in [-0.15, -0.1) is 10.2 Å². The summed E-state index contributed by atoms with van der Waals surface area (Å²) in [6.07, 6.45) is 1.34. The van der Waals surface area contributed by atoms with E-state index in [1.807, 2.05) is 18.2 Å². The minimum atomic E-state index is 0.545. The van der Waals surface area contributed by atoms with E-state index < -0.39 is 0 Å². The van der Waals surface area contributed by atoms with Gasteiger partial charge in [0, 0.05) is 17.8 Å². The van der Waals surface area contributed by atoms with Crippen molar-refractivity contribution < 1.29 is 4.42 Å². The molecule has 0 aliphatic rings. The minimum Gasteiger partial charge on any atom is -0.423 e. The smallest absolute Gasteiger partial charge is 0.247 e. The number of aromatic nitrogens is 2. The molecule has 0 radical (unpaired) electrons. The highest BCUT2D eigenvalue weighted by Crippen LogP contribution is 2.23. The molecule has 0 saturated heterocycles. The second-order valence-electron chi connectivity index (χ2n) is 5.12. The van der Waals surface area contributed by atoms with Crippen LogP contribution in [0.4, 0.5) is 5.69 Å². The van der Waals surface area contributed by atoms with Crippen LogP contribution in [0.2, 0.25) is 0 Å². The fourth-order valence-electron chi connectivity index (χ4n) is 2.31. The van der Waals surface area contributed by atoms with Crippen molar-refractivity contribution in [3.63, 3.8) is 0 Å². The molecule has 0 unspecified atom stereocenters. The highest BCUT2D eigenvalue weighted by molar-refractivity contribution is 5.62. The van der Waals surface area contributed by atoms with E-state index in [-0.39, 0.29) is 0 Å². The van der Waals surface area contributed by atoms with Crippen molar-refractivity contribution in [2.24, 2.45) is 0 Å². The zero-order valence-electron chi connectivity index (χ0n) is 12.1. The number of benzene rings is 2. The van der Waals surface area contributed by atoms with Crippen LogP contribution in [0.15, 0.2) is 53.3 Å². The number of nitrogens with zero attached hydrogens (tertiary/aromatic N) is 2. The summed E-state index contributed by atoms with van der Waals surface area (Å²) in [5.41, 5.74) is 5.75. The molecule has 0 bridgehead atoms. The average Bonchev–Trinajstić information content (AvgIpc) is 3.00. The number of nitrogens with one attached hydrogen (secondary N) is 1. The molecule has 0 fully saturated rings. The van der Waals surface area contributed by atoms with Gasteiger partial charge in [-0.3, -0.25) is 0 Å². The predicted octanol–water partition coefficient (Wildman–Crippen LogP) is 3.97. The van der Waals surface area contributed by atoms with Crippen molar-refractivity contribution in [2.75, 3.05) is 5.32 Å². The summed E-state index contributed by atoms with van der Waals surface area (Å²) in [5, 5.41) is 11.1. The van der Waals surface area contributed by atoms with E-state index in [4.69, 9.17) is 4.42 Å². The molecule has 4 nitrogen and oxygen atoms in total. The van der Waals surface area contributed by atoms with Gasteiger partial charge in [0.1, 0.15) is 0 Å². The maximum absolute atomic E-state index is 5.21. The van der Waals surface area contributed by atoms with Gasteiger partial charge in [0.05, 0.1) is 0 Å². The van der Waals surface area contributed by atoms with E-state index in [2.05, 4.69) is 53.6 Å². The van der Waals surface area contributed by atoms with Gasteiger partial charge < -0.3 is 9.73 Å². The molecule has 21 heavy (non-hydrogen) atoms. The molecule has 0 amide bonds. The van der Waals surface area contributed by atoms with E-state index in [0.717, 1.165) is 23.4 Å². The minimum absolute atomic E-state index is 0.545. The van der Waals surface area contributed by atoms with Crippen LogP contribution in [0.5, 0.6) is 0 Å². The Morgan fingerprint density at radius 3 is 2.71 bits per heavy atom. The lowest BCUT2D eigenvalue weighted by Gasteiger charge is -2.11. The normalized spacial score (nSPS) is 10.6. The number of hydrogen-bond donors (Lipinski definition) is 1. The highest BCUT2D eigenvalue weighted by atomic mass is 16.4. The molecule has 0 aliphatic carbocycles. The Hall–Kier alpha value is -2.62. The Balaban J connectivity index is 1.74. The van der Waals surface area contributed by atoms with Gasteiger partial charge in [-0.2, -0.15) is 0 Å². The van der Waals surface area contributed by atoms with Gasteiger partial charge in [0.2, 0.25) is 12.3 Å². The van der Waals surface area contributed by atoms with Gasteiger partial charge in [0.25, 0.3) is 0 Å². The molecule has 1 N–H and O–H groups in total. The monoisotopic (exact) mass is 279 g/mol. The van der Waals surface area contributed by atoms with Crippen molar-refractivity contribution in [1.82, 2.24) is 10.2 Å². The molecule has 3 rings (SSSR count). The maximum atomic E-state index is 5.21. The standard InChI is InChI=1S/C17H17N3O/c1-12-4-3-5-14(8-12)10-18-16-7-6-15(9-13(16)2)17-20-19-11-21-17/h3-9,11,18H,10H2,1-2H3. The largest absolute Gasteiger partial charge is 0.423 e. The van der Waals surface area contributed by atoms with Gasteiger partial charge in [-0.1, -0.05) is 29.8 Å². The summed E-state index contributed by atoms with van der Waals surface area (Å²) < 4.78 is 5.21. The van der Waals surface area contributed by atoms with Crippen molar-refractivity contribution >= 4 is 5.69 Å². The third-order valence-corrected chi connectivity index (χ3v) is 3.40. The Morgan fingerprint density at radius 1 is 1.10 bits per heavy atom. The van der Waals surface area contributed by atoms with Crippen LogP contribution in [0.3, 0.4) is 0 Å². The van der Waals surface area contributed by atoms with Crippen molar-refractivity contribution in [1.29, 1.82) is 0 Å². The Labute approximate surface area is 123 Å². The fourth-order valence-corrected chi connectivity index (χ4v) is 2.31. The molecular formula is C17H17N3O. The van der Waals surface area contributed by atoms with Crippen LogP contribution in [0, 0.1) is 13.8 Å². The lowest BCUT2D eigenvalue weighted by atomic mass is 10.1. The molecule has 0 aliphatic heterocycles. The predicted molar refractivity (Wildman–Crippen MR) is 83.0 cm³/mol. The molecule has 2 aromatic carbocycles. The summed E-state index contributed by atoms with van der Waals surface area (Å²) >= 11 is 0. The summed E-state index contributed by atoms with van der Waals surface area (Å²) in [6.45, 7) is 4.98. The quantitative estimate of drug-likeness (QED) is 0.785. The molecule has 3 aromatic rings. The van der Waals surface area contributed by atoms with E-state index in [0.29, 0.717) is 5.89 Å². The number of hydrogen-bond acceptors (Lipinski definition) is 4. The third-order valence-electron chi connectivity index (χ3n) is 3.40. The Bertz CT molecular complexity index is 736. The Kier molecular flexibility index (Phi) is 3.69. The van der Waals surface area contributed by atoms with Crippen LogP contribution in [-0.4, -0.2) is 10.2 Å². The van der Waals surface area contributed by atoms with Crippen LogP contribution >= 0.6 is 0 Å². The second-order valence-corrected chi connectivity index (χ2v) is 5.12. The highest BCUT2D eigenvalue weighted by Gasteiger charge is 2.06. The summed E-state index contributed by atoms with van der Waals surface area (Å²) in [7, 11) is 0. The number of rotatable bonds is 4. The first-order valence-corrected chi connectivity index (χ1v) is 6.89. The van der Waals surface area contributed by atoms with Gasteiger partial charge in [-0.05, 0) is 43.2 Å². The zero-order valence-corrected chi connectivity index (χ0v) is 12.1. The first-order chi connectivity index (χ1) is 10.2. The molecule has 1 aromatic heterocycles. The van der Waals surface area contributed by atoms with Crippen molar-refractivity contribution in [3.8, 4) is 11.5 Å². The maximum Gasteiger partial charge on any atom is 0.247 e. The van der Waals surface area contributed by atoms with Crippen LogP contribution in [0.25, 0.3) is 11.5 Å². The van der Waals surface area contributed by atoms with Gasteiger partial charge in [0.15, 0.2) is 0 Å². The van der Waals surface area contributed by atoms with Crippen LogP contribution in [0.1, 0.15) is 16.7 Å². The van der Waals surface area contributed by atoms with Crippen LogP contribution < -0.4 is 5.32 Å². The summed E-state index contributed by atoms with van der Waals surface area (Å²) in [5.74, 6) is 0.545. The third kappa shape index (κ3) is 3.11. The average molecular weight is 279 g/mol. The first kappa shape index (κ1) is 13.4. The summed E-state index contributed by atoms with van der Waals surface area (Å²) in [4.78, 5) is 0. The first-order valence-electron chi connectivity index (χ1n) is 6.89. The number of aryl methyl sites for hydroxylation is 2. The van der Waals surface area contributed by atoms with Gasteiger partial charge >= 0.3 is 0 Å². The van der Waals surface area contributed by atoms with Gasteiger partial charge in [-0.25, -0.2) is 0 Å². The lowest BCUT2D eigenvalue weighted by Crippen LogP contribution is -2.01. The van der Waals surface area contributed by atoms with E-state index in [1.54, 1.807) is 0 Å². The lowest BCUT2D eigenvalue weighted by molar-refractivity contribution is 0.568. The molecule has 106 valence electrons. The van der Waals surface area contributed by atoms with Crippen molar-refractivity contribution in [2.45, 2.75) is 20.4 Å². The SMILES string of the molecule is Cc1cccc(CNc2ccc(-c3nnco3)cc2C)c1. The molecule has 0 spiro atoms. The molecule has 0 saturated carbocycles. The van der Waals surface area contributed by atoms with Crippen molar-refractivity contribution in [3.05, 3.63) is 65.5 Å². The zero-order chi connectivity index (χ0) is 14.7. The topological polar surface area (TPSA) is 51.0 Å². The molecule has 0 atom stereocenters. The molecule has 4 heteroatoms.